The third-order valence-electron chi connectivity index (χ3n) is 2.22. The first-order valence-electron chi connectivity index (χ1n) is 4.39. The number of aromatic nitrogens is 1. The summed E-state index contributed by atoms with van der Waals surface area (Å²) in [6.45, 7) is 3.58. The molecule has 0 saturated heterocycles. The Balaban J connectivity index is 2.48. The Labute approximate surface area is 77.1 Å². The van der Waals surface area contributed by atoms with Gasteiger partial charge in [-0.15, -0.1) is 0 Å². The van der Waals surface area contributed by atoms with Crippen LogP contribution in [0.3, 0.4) is 0 Å². The zero-order valence-corrected chi connectivity index (χ0v) is 7.58. The number of nitrogens with zero attached hydrogens (tertiary/aromatic N) is 1. The molecule has 1 unspecified atom stereocenters. The van der Waals surface area contributed by atoms with E-state index in [9.17, 15) is 0 Å². The molecular weight excluding hydrogens is 166 g/mol. The number of ether oxygens (including phenoxy) is 1. The summed E-state index contributed by atoms with van der Waals surface area (Å²) in [5.74, 6) is 1.41. The minimum Gasteiger partial charge on any atom is -0.492 e. The number of nitrogens with one attached hydrogen (secondary N) is 1. The summed E-state index contributed by atoms with van der Waals surface area (Å²) in [6.07, 6.45) is 1.67. The average molecular weight is 179 g/mol. The highest BCUT2D eigenvalue weighted by molar-refractivity contribution is 5.50. The van der Waals surface area contributed by atoms with Crippen molar-refractivity contribution in [3.05, 3.63) is 17.8 Å². The van der Waals surface area contributed by atoms with Crippen molar-refractivity contribution in [2.45, 2.75) is 13.0 Å². The minimum absolute atomic E-state index is 0.214. The lowest BCUT2D eigenvalue weighted by Gasteiger charge is -2.13. The molecule has 13 heavy (non-hydrogen) atoms. The van der Waals surface area contributed by atoms with E-state index in [0.717, 1.165) is 17.9 Å². The van der Waals surface area contributed by atoms with Gasteiger partial charge in [0.2, 0.25) is 0 Å². The highest BCUT2D eigenvalue weighted by atomic mass is 16.5. The van der Waals surface area contributed by atoms with Crippen LogP contribution in [0.4, 0.5) is 5.82 Å². The van der Waals surface area contributed by atoms with Crippen LogP contribution in [0.1, 0.15) is 18.5 Å². The van der Waals surface area contributed by atoms with Crippen molar-refractivity contribution in [2.24, 2.45) is 0 Å². The fourth-order valence-corrected chi connectivity index (χ4v) is 1.57. The predicted molar refractivity (Wildman–Crippen MR) is 50.6 cm³/mol. The number of nitrogens with two attached hydrogens (primary N) is 1. The van der Waals surface area contributed by atoms with Crippen LogP contribution >= 0.6 is 0 Å². The predicted octanol–water partition coefficient (Wildman–Crippen LogP) is 0.707. The molecule has 70 valence electrons. The zero-order valence-electron chi connectivity index (χ0n) is 7.58. The van der Waals surface area contributed by atoms with E-state index in [1.807, 2.05) is 6.07 Å². The van der Waals surface area contributed by atoms with Crippen molar-refractivity contribution in [3.63, 3.8) is 0 Å². The van der Waals surface area contributed by atoms with Crippen LogP contribution in [0.15, 0.2) is 12.3 Å². The molecule has 0 saturated carbocycles. The van der Waals surface area contributed by atoms with E-state index in [2.05, 4.69) is 17.2 Å². The molecule has 4 nitrogen and oxygen atoms in total. The second-order valence-corrected chi connectivity index (χ2v) is 3.13. The van der Waals surface area contributed by atoms with Gasteiger partial charge in [0.05, 0.1) is 5.56 Å². The molecular formula is C9H13N3O. The molecule has 0 aliphatic carbocycles. The maximum atomic E-state index is 5.77. The summed E-state index contributed by atoms with van der Waals surface area (Å²) >= 11 is 0. The molecule has 0 bridgehead atoms. The highest BCUT2D eigenvalue weighted by Crippen LogP contribution is 2.29. The number of hydrogen-bond acceptors (Lipinski definition) is 4. The van der Waals surface area contributed by atoms with Crippen LogP contribution in [-0.2, 0) is 0 Å². The summed E-state index contributed by atoms with van der Waals surface area (Å²) in [7, 11) is 0. The molecule has 3 N–H and O–H groups in total. The number of nitrogen functional groups attached to an aromatic ring is 1. The van der Waals surface area contributed by atoms with Crippen LogP contribution in [0.2, 0.25) is 0 Å². The Morgan fingerprint density at radius 3 is 3.38 bits per heavy atom. The first-order valence-corrected chi connectivity index (χ1v) is 4.39. The van der Waals surface area contributed by atoms with Gasteiger partial charge in [0.25, 0.3) is 0 Å². The van der Waals surface area contributed by atoms with E-state index in [-0.39, 0.29) is 6.04 Å². The quantitative estimate of drug-likeness (QED) is 0.615. The Bertz CT molecular complexity index is 314. The number of pyridine rings is 1. The molecule has 4 heteroatoms. The van der Waals surface area contributed by atoms with Crippen molar-refractivity contribution in [1.29, 1.82) is 0 Å². The Kier molecular flexibility index (Phi) is 2.06. The summed E-state index contributed by atoms with van der Waals surface area (Å²) in [6, 6.07) is 2.07. The van der Waals surface area contributed by atoms with E-state index in [4.69, 9.17) is 10.5 Å². The molecule has 0 amide bonds. The Morgan fingerprint density at radius 1 is 1.69 bits per heavy atom. The van der Waals surface area contributed by atoms with Gasteiger partial charge < -0.3 is 15.8 Å². The smallest absolute Gasteiger partial charge is 0.131 e. The molecule has 1 aromatic rings. The maximum absolute atomic E-state index is 5.77. The number of anilines is 1. The molecule has 2 heterocycles. The fourth-order valence-electron chi connectivity index (χ4n) is 1.57. The third kappa shape index (κ3) is 1.45. The lowest BCUT2D eigenvalue weighted by Crippen LogP contribution is -2.21. The largest absolute Gasteiger partial charge is 0.492 e. The van der Waals surface area contributed by atoms with Gasteiger partial charge in [-0.1, -0.05) is 0 Å². The second kappa shape index (κ2) is 3.22. The van der Waals surface area contributed by atoms with Crippen LogP contribution in [0, 0.1) is 0 Å². The van der Waals surface area contributed by atoms with Crippen molar-refractivity contribution in [1.82, 2.24) is 10.3 Å². The van der Waals surface area contributed by atoms with Gasteiger partial charge in [0.1, 0.15) is 18.2 Å². The van der Waals surface area contributed by atoms with E-state index in [1.54, 1.807) is 6.20 Å². The first-order chi connectivity index (χ1) is 6.29. The van der Waals surface area contributed by atoms with Gasteiger partial charge in [0.15, 0.2) is 0 Å². The van der Waals surface area contributed by atoms with Crippen LogP contribution in [0.25, 0.3) is 0 Å². The van der Waals surface area contributed by atoms with Crippen LogP contribution < -0.4 is 15.8 Å². The average Bonchev–Trinajstić information content (AvgIpc) is 2.29. The monoisotopic (exact) mass is 179 g/mol. The number of fused-ring (bicyclic) bond motifs is 1. The van der Waals surface area contributed by atoms with E-state index in [0.29, 0.717) is 12.4 Å². The van der Waals surface area contributed by atoms with Crippen molar-refractivity contribution in [2.75, 3.05) is 18.9 Å². The van der Waals surface area contributed by atoms with Gasteiger partial charge in [-0.3, -0.25) is 0 Å². The summed E-state index contributed by atoms with van der Waals surface area (Å²) in [5.41, 5.74) is 6.74. The Hall–Kier alpha value is -1.29. The molecule has 0 radical (unpaired) electrons. The normalized spacial score (nSPS) is 21.5. The van der Waals surface area contributed by atoms with Gasteiger partial charge in [-0.05, 0) is 13.0 Å². The van der Waals surface area contributed by atoms with Crippen molar-refractivity contribution in [3.8, 4) is 5.75 Å². The van der Waals surface area contributed by atoms with Gasteiger partial charge in [-0.25, -0.2) is 4.98 Å². The summed E-state index contributed by atoms with van der Waals surface area (Å²) < 4.78 is 5.52. The molecule has 0 aromatic carbocycles. The lowest BCUT2D eigenvalue weighted by atomic mass is 10.1. The van der Waals surface area contributed by atoms with Crippen LogP contribution in [0.5, 0.6) is 5.75 Å². The van der Waals surface area contributed by atoms with Crippen molar-refractivity contribution < 1.29 is 4.74 Å². The summed E-state index contributed by atoms with van der Waals surface area (Å²) in [4.78, 5) is 4.04. The minimum atomic E-state index is 0.214. The third-order valence-corrected chi connectivity index (χ3v) is 2.22. The molecule has 1 aliphatic rings. The van der Waals surface area contributed by atoms with E-state index >= 15 is 0 Å². The van der Waals surface area contributed by atoms with Gasteiger partial charge in [0, 0.05) is 18.8 Å². The first kappa shape index (κ1) is 8.31. The Morgan fingerprint density at radius 2 is 2.54 bits per heavy atom. The maximum Gasteiger partial charge on any atom is 0.131 e. The molecule has 0 fully saturated rings. The lowest BCUT2D eigenvalue weighted by molar-refractivity contribution is 0.324. The van der Waals surface area contributed by atoms with E-state index in [1.165, 1.54) is 0 Å². The topological polar surface area (TPSA) is 60.2 Å². The van der Waals surface area contributed by atoms with Crippen LogP contribution in [-0.4, -0.2) is 18.1 Å². The highest BCUT2D eigenvalue weighted by Gasteiger charge is 2.18. The molecule has 2 rings (SSSR count). The second-order valence-electron chi connectivity index (χ2n) is 3.13. The number of hydrogen-bond donors (Lipinski definition) is 2. The molecule has 1 aliphatic heterocycles. The van der Waals surface area contributed by atoms with Gasteiger partial charge in [-0.2, -0.15) is 0 Å². The summed E-state index contributed by atoms with van der Waals surface area (Å²) in [5, 5.41) is 3.30. The van der Waals surface area contributed by atoms with Gasteiger partial charge >= 0.3 is 0 Å². The van der Waals surface area contributed by atoms with E-state index < -0.39 is 0 Å². The molecule has 0 spiro atoms. The van der Waals surface area contributed by atoms with Crippen molar-refractivity contribution >= 4 is 5.82 Å². The zero-order chi connectivity index (χ0) is 9.26. The molecule has 1 aromatic heterocycles. The number of rotatable bonds is 0. The SMILES string of the molecule is CC1NCCOc2ccnc(N)c21. The standard InChI is InChI=1S/C9H13N3O/c1-6-8-7(13-5-4-11-6)2-3-12-9(8)10/h2-3,6,11H,4-5H2,1H3,(H2,10,12). The fraction of sp³-hybridized carbons (Fsp3) is 0.444. The molecule has 1 atom stereocenters.